The standard InChI is InChI=1S/C10H4Cl2N2S/c11-8-2-1-6(3-9(8)12)10-14-7(4-13)5-15-10/h1-3,5H. The zero-order valence-electron chi connectivity index (χ0n) is 7.37. The Bertz CT molecular complexity index is 543. The van der Waals surface area contributed by atoms with Crippen LogP contribution in [0.15, 0.2) is 23.6 Å². The molecular formula is C10H4Cl2N2S. The van der Waals surface area contributed by atoms with Gasteiger partial charge in [0.25, 0.3) is 0 Å². The molecule has 0 saturated carbocycles. The average Bonchev–Trinajstić information content (AvgIpc) is 2.70. The van der Waals surface area contributed by atoms with E-state index >= 15 is 0 Å². The highest BCUT2D eigenvalue weighted by atomic mass is 35.5. The van der Waals surface area contributed by atoms with Crippen LogP contribution in [-0.2, 0) is 0 Å². The quantitative estimate of drug-likeness (QED) is 0.772. The second kappa shape index (κ2) is 4.19. The molecule has 0 aliphatic heterocycles. The molecule has 0 atom stereocenters. The number of rotatable bonds is 1. The summed E-state index contributed by atoms with van der Waals surface area (Å²) in [5.74, 6) is 0. The largest absolute Gasteiger partial charge is 0.225 e. The summed E-state index contributed by atoms with van der Waals surface area (Å²) in [5, 5.41) is 12.1. The zero-order chi connectivity index (χ0) is 10.8. The highest BCUT2D eigenvalue weighted by molar-refractivity contribution is 7.13. The molecule has 2 nitrogen and oxygen atoms in total. The van der Waals surface area contributed by atoms with Gasteiger partial charge in [-0.05, 0) is 12.1 Å². The van der Waals surface area contributed by atoms with Gasteiger partial charge in [0.15, 0.2) is 5.69 Å². The van der Waals surface area contributed by atoms with Crippen LogP contribution in [0.5, 0.6) is 0 Å². The van der Waals surface area contributed by atoms with Gasteiger partial charge in [-0.3, -0.25) is 0 Å². The van der Waals surface area contributed by atoms with Gasteiger partial charge < -0.3 is 0 Å². The molecule has 0 N–H and O–H groups in total. The normalized spacial score (nSPS) is 9.93. The Morgan fingerprint density at radius 3 is 2.67 bits per heavy atom. The van der Waals surface area contributed by atoms with Crippen molar-refractivity contribution in [3.63, 3.8) is 0 Å². The van der Waals surface area contributed by atoms with Crippen molar-refractivity contribution in [1.82, 2.24) is 4.98 Å². The lowest BCUT2D eigenvalue weighted by atomic mass is 10.2. The topological polar surface area (TPSA) is 36.7 Å². The summed E-state index contributed by atoms with van der Waals surface area (Å²) in [6, 6.07) is 7.27. The first kappa shape index (κ1) is 10.4. The lowest BCUT2D eigenvalue weighted by Gasteiger charge is -1.98. The van der Waals surface area contributed by atoms with Gasteiger partial charge in [0.1, 0.15) is 11.1 Å². The van der Waals surface area contributed by atoms with Crippen LogP contribution in [-0.4, -0.2) is 4.98 Å². The summed E-state index contributed by atoms with van der Waals surface area (Å²) < 4.78 is 0. The van der Waals surface area contributed by atoms with Crippen LogP contribution < -0.4 is 0 Å². The monoisotopic (exact) mass is 254 g/mol. The van der Waals surface area contributed by atoms with E-state index in [1.54, 1.807) is 17.5 Å². The molecule has 5 heteroatoms. The molecule has 0 saturated heterocycles. The Balaban J connectivity index is 2.46. The van der Waals surface area contributed by atoms with Crippen molar-refractivity contribution < 1.29 is 0 Å². The molecule has 15 heavy (non-hydrogen) atoms. The molecular weight excluding hydrogens is 251 g/mol. The van der Waals surface area contributed by atoms with Crippen molar-refractivity contribution in [2.45, 2.75) is 0 Å². The van der Waals surface area contributed by atoms with E-state index in [0.29, 0.717) is 15.7 Å². The number of hydrogen-bond acceptors (Lipinski definition) is 3. The predicted octanol–water partition coefficient (Wildman–Crippen LogP) is 3.99. The Hall–Kier alpha value is -1.08. The molecule has 0 radical (unpaired) electrons. The average molecular weight is 255 g/mol. The molecule has 0 bridgehead atoms. The zero-order valence-corrected chi connectivity index (χ0v) is 9.70. The van der Waals surface area contributed by atoms with Crippen molar-refractivity contribution >= 4 is 34.5 Å². The van der Waals surface area contributed by atoms with Crippen LogP contribution in [0.3, 0.4) is 0 Å². The van der Waals surface area contributed by atoms with Gasteiger partial charge in [0.2, 0.25) is 0 Å². The Labute approximate surface area is 101 Å². The van der Waals surface area contributed by atoms with E-state index < -0.39 is 0 Å². The van der Waals surface area contributed by atoms with Crippen molar-refractivity contribution in [1.29, 1.82) is 5.26 Å². The lowest BCUT2D eigenvalue weighted by Crippen LogP contribution is -1.78. The van der Waals surface area contributed by atoms with E-state index in [0.717, 1.165) is 10.6 Å². The highest BCUT2D eigenvalue weighted by Gasteiger charge is 2.06. The minimum atomic E-state index is 0.418. The predicted molar refractivity (Wildman–Crippen MR) is 62.3 cm³/mol. The fourth-order valence-corrected chi connectivity index (χ4v) is 2.13. The van der Waals surface area contributed by atoms with Crippen LogP contribution in [0.1, 0.15) is 5.69 Å². The molecule has 0 fully saturated rings. The third-order valence-electron chi connectivity index (χ3n) is 1.79. The van der Waals surface area contributed by atoms with Crippen molar-refractivity contribution in [2.75, 3.05) is 0 Å². The summed E-state index contributed by atoms with van der Waals surface area (Å²) >= 11 is 13.1. The molecule has 74 valence electrons. The molecule has 0 amide bonds. The Morgan fingerprint density at radius 2 is 2.07 bits per heavy atom. The summed E-state index contributed by atoms with van der Waals surface area (Å²) in [7, 11) is 0. The van der Waals surface area contributed by atoms with Crippen LogP contribution in [0.2, 0.25) is 10.0 Å². The molecule has 2 rings (SSSR count). The van der Waals surface area contributed by atoms with Gasteiger partial charge in [0, 0.05) is 10.9 Å². The number of benzene rings is 1. The summed E-state index contributed by atoms with van der Waals surface area (Å²) in [5.41, 5.74) is 1.29. The molecule has 1 aromatic carbocycles. The van der Waals surface area contributed by atoms with Gasteiger partial charge in [-0.15, -0.1) is 11.3 Å². The highest BCUT2D eigenvalue weighted by Crippen LogP contribution is 2.30. The smallest absolute Gasteiger partial charge is 0.152 e. The third kappa shape index (κ3) is 2.13. The number of hydrogen-bond donors (Lipinski definition) is 0. The van der Waals surface area contributed by atoms with E-state index in [1.807, 2.05) is 12.1 Å². The summed E-state index contributed by atoms with van der Waals surface area (Å²) in [6.45, 7) is 0. The number of aromatic nitrogens is 1. The fraction of sp³-hybridized carbons (Fsp3) is 0. The molecule has 0 aliphatic rings. The summed E-state index contributed by atoms with van der Waals surface area (Å²) in [6.07, 6.45) is 0. The van der Waals surface area contributed by atoms with Crippen LogP contribution in [0, 0.1) is 11.3 Å². The van der Waals surface area contributed by atoms with Crippen molar-refractivity contribution in [3.8, 4) is 16.6 Å². The number of nitrogens with zero attached hydrogens (tertiary/aromatic N) is 2. The minimum Gasteiger partial charge on any atom is -0.225 e. The lowest BCUT2D eigenvalue weighted by molar-refractivity contribution is 1.33. The van der Waals surface area contributed by atoms with Crippen molar-refractivity contribution in [3.05, 3.63) is 39.3 Å². The molecule has 0 aliphatic carbocycles. The van der Waals surface area contributed by atoms with Gasteiger partial charge >= 0.3 is 0 Å². The van der Waals surface area contributed by atoms with Gasteiger partial charge in [-0.2, -0.15) is 5.26 Å². The molecule has 0 unspecified atom stereocenters. The molecule has 2 aromatic rings. The maximum absolute atomic E-state index is 8.64. The molecule has 1 aromatic heterocycles. The van der Waals surface area contributed by atoms with Crippen LogP contribution in [0.25, 0.3) is 10.6 Å². The van der Waals surface area contributed by atoms with Crippen LogP contribution in [0.4, 0.5) is 0 Å². The first-order valence-corrected chi connectivity index (χ1v) is 5.65. The maximum Gasteiger partial charge on any atom is 0.152 e. The van der Waals surface area contributed by atoms with Crippen molar-refractivity contribution in [2.24, 2.45) is 0 Å². The first-order valence-electron chi connectivity index (χ1n) is 4.02. The Morgan fingerprint density at radius 1 is 1.27 bits per heavy atom. The minimum absolute atomic E-state index is 0.418. The van der Waals surface area contributed by atoms with E-state index in [4.69, 9.17) is 28.5 Å². The number of nitriles is 1. The van der Waals surface area contributed by atoms with E-state index in [1.165, 1.54) is 11.3 Å². The Kier molecular flexibility index (Phi) is 2.92. The SMILES string of the molecule is N#Cc1csc(-c2ccc(Cl)c(Cl)c2)n1. The third-order valence-corrected chi connectivity index (χ3v) is 3.42. The van der Waals surface area contributed by atoms with E-state index in [2.05, 4.69) is 4.98 Å². The fourth-order valence-electron chi connectivity index (χ4n) is 1.09. The van der Waals surface area contributed by atoms with Crippen LogP contribution >= 0.6 is 34.5 Å². The van der Waals surface area contributed by atoms with E-state index in [-0.39, 0.29) is 0 Å². The second-order valence-corrected chi connectivity index (χ2v) is 4.45. The number of thiazole rings is 1. The second-order valence-electron chi connectivity index (χ2n) is 2.78. The van der Waals surface area contributed by atoms with Gasteiger partial charge in [-0.25, -0.2) is 4.98 Å². The summed E-state index contributed by atoms with van der Waals surface area (Å²) in [4.78, 5) is 4.13. The molecule has 0 spiro atoms. The number of halogens is 2. The molecule has 1 heterocycles. The van der Waals surface area contributed by atoms with Gasteiger partial charge in [0.05, 0.1) is 10.0 Å². The van der Waals surface area contributed by atoms with E-state index in [9.17, 15) is 0 Å². The van der Waals surface area contributed by atoms with Gasteiger partial charge in [-0.1, -0.05) is 29.3 Å². The first-order chi connectivity index (χ1) is 7.20. The maximum atomic E-state index is 8.64.